The highest BCUT2D eigenvalue weighted by Crippen LogP contribution is 2.07. The van der Waals surface area contributed by atoms with Crippen LogP contribution in [0.3, 0.4) is 0 Å². The topological polar surface area (TPSA) is 59.8 Å². The molecule has 14 heavy (non-hydrogen) atoms. The van der Waals surface area contributed by atoms with Crippen LogP contribution in [0.2, 0.25) is 0 Å². The van der Waals surface area contributed by atoms with Crippen molar-refractivity contribution in [1.82, 2.24) is 20.3 Å². The molecule has 0 radical (unpaired) electrons. The zero-order chi connectivity index (χ0) is 10.8. The maximum atomic E-state index is 13.0. The standard InChI is InChI=1S/C8H13FN4O/c1-8(2,9)7(14)10-4-6-5-11-13(3)12-6/h5H,4H2,1-3H3,(H,10,14). The molecule has 0 saturated heterocycles. The third-order valence-electron chi connectivity index (χ3n) is 1.62. The summed E-state index contributed by atoms with van der Waals surface area (Å²) in [6, 6.07) is 0. The van der Waals surface area contributed by atoms with E-state index in [9.17, 15) is 9.18 Å². The van der Waals surface area contributed by atoms with Crippen LogP contribution in [-0.2, 0) is 18.4 Å². The van der Waals surface area contributed by atoms with Gasteiger partial charge in [-0.2, -0.15) is 15.0 Å². The number of amides is 1. The molecule has 1 amide bonds. The summed E-state index contributed by atoms with van der Waals surface area (Å²) in [6.07, 6.45) is 1.52. The molecule has 0 aliphatic rings. The van der Waals surface area contributed by atoms with Crippen molar-refractivity contribution in [2.75, 3.05) is 0 Å². The second-order valence-electron chi connectivity index (χ2n) is 3.48. The van der Waals surface area contributed by atoms with Crippen molar-refractivity contribution in [3.63, 3.8) is 0 Å². The highest BCUT2D eigenvalue weighted by Gasteiger charge is 2.26. The molecule has 0 atom stereocenters. The van der Waals surface area contributed by atoms with Crippen molar-refractivity contribution >= 4 is 5.91 Å². The van der Waals surface area contributed by atoms with E-state index in [1.165, 1.54) is 24.8 Å². The summed E-state index contributed by atoms with van der Waals surface area (Å²) >= 11 is 0. The lowest BCUT2D eigenvalue weighted by Crippen LogP contribution is -2.38. The van der Waals surface area contributed by atoms with Gasteiger partial charge in [-0.25, -0.2) is 4.39 Å². The van der Waals surface area contributed by atoms with E-state index in [1.807, 2.05) is 0 Å². The van der Waals surface area contributed by atoms with Crippen molar-refractivity contribution in [3.05, 3.63) is 11.9 Å². The van der Waals surface area contributed by atoms with Crippen molar-refractivity contribution in [2.45, 2.75) is 26.1 Å². The summed E-state index contributed by atoms with van der Waals surface area (Å²) in [4.78, 5) is 12.5. The van der Waals surface area contributed by atoms with E-state index in [1.54, 1.807) is 7.05 Å². The Morgan fingerprint density at radius 3 is 2.79 bits per heavy atom. The first-order chi connectivity index (χ1) is 6.39. The van der Waals surface area contributed by atoms with Gasteiger partial charge in [0.1, 0.15) is 5.69 Å². The summed E-state index contributed by atoms with van der Waals surface area (Å²) in [6.45, 7) is 2.61. The lowest BCUT2D eigenvalue weighted by molar-refractivity contribution is -0.130. The molecule has 1 aromatic heterocycles. The van der Waals surface area contributed by atoms with Crippen LogP contribution in [0.15, 0.2) is 6.20 Å². The van der Waals surface area contributed by atoms with E-state index in [4.69, 9.17) is 0 Å². The van der Waals surface area contributed by atoms with Gasteiger partial charge in [0.25, 0.3) is 5.91 Å². The molecule has 1 aromatic rings. The monoisotopic (exact) mass is 200 g/mol. The Balaban J connectivity index is 2.46. The van der Waals surface area contributed by atoms with Gasteiger partial charge in [0.15, 0.2) is 5.67 Å². The number of hydrogen-bond donors (Lipinski definition) is 1. The van der Waals surface area contributed by atoms with E-state index >= 15 is 0 Å². The van der Waals surface area contributed by atoms with E-state index in [-0.39, 0.29) is 6.54 Å². The summed E-state index contributed by atoms with van der Waals surface area (Å²) in [5, 5.41) is 10.2. The van der Waals surface area contributed by atoms with Gasteiger partial charge in [0.05, 0.1) is 12.7 Å². The van der Waals surface area contributed by atoms with Crippen LogP contribution in [0.4, 0.5) is 4.39 Å². The van der Waals surface area contributed by atoms with Crippen LogP contribution >= 0.6 is 0 Å². The number of halogens is 1. The molecule has 1 rings (SSSR count). The molecule has 0 bridgehead atoms. The molecule has 1 N–H and O–H groups in total. The predicted molar refractivity (Wildman–Crippen MR) is 48.0 cm³/mol. The quantitative estimate of drug-likeness (QED) is 0.757. The lowest BCUT2D eigenvalue weighted by atomic mass is 10.1. The number of carbonyl (C=O) groups is 1. The minimum absolute atomic E-state index is 0.194. The van der Waals surface area contributed by atoms with E-state index < -0.39 is 11.6 Å². The number of hydrogen-bond acceptors (Lipinski definition) is 3. The fraction of sp³-hybridized carbons (Fsp3) is 0.625. The number of carbonyl (C=O) groups excluding carboxylic acids is 1. The molecule has 0 fully saturated rings. The van der Waals surface area contributed by atoms with Crippen LogP contribution in [-0.4, -0.2) is 26.6 Å². The van der Waals surface area contributed by atoms with Gasteiger partial charge in [0, 0.05) is 7.05 Å². The first-order valence-electron chi connectivity index (χ1n) is 4.22. The maximum absolute atomic E-state index is 13.0. The highest BCUT2D eigenvalue weighted by molar-refractivity contribution is 5.83. The second kappa shape index (κ2) is 3.73. The fourth-order valence-electron chi connectivity index (χ4n) is 0.850. The van der Waals surface area contributed by atoms with E-state index in [0.717, 1.165) is 0 Å². The first-order valence-corrected chi connectivity index (χ1v) is 4.22. The molecule has 0 aliphatic heterocycles. The van der Waals surface area contributed by atoms with Crippen LogP contribution in [0.1, 0.15) is 19.5 Å². The number of nitrogens with one attached hydrogen (secondary N) is 1. The molecule has 78 valence electrons. The van der Waals surface area contributed by atoms with Crippen LogP contribution < -0.4 is 5.32 Å². The van der Waals surface area contributed by atoms with Crippen LogP contribution in [0.5, 0.6) is 0 Å². The minimum Gasteiger partial charge on any atom is -0.348 e. The average molecular weight is 200 g/mol. The Morgan fingerprint density at radius 2 is 2.36 bits per heavy atom. The summed E-state index contributed by atoms with van der Waals surface area (Å²) in [5.41, 5.74) is -1.26. The van der Waals surface area contributed by atoms with Gasteiger partial charge in [-0.3, -0.25) is 4.79 Å². The Bertz CT molecular complexity index is 328. The second-order valence-corrected chi connectivity index (χ2v) is 3.48. The third kappa shape index (κ3) is 2.79. The first kappa shape index (κ1) is 10.6. The van der Waals surface area contributed by atoms with Crippen LogP contribution in [0.25, 0.3) is 0 Å². The zero-order valence-corrected chi connectivity index (χ0v) is 8.41. The SMILES string of the molecule is Cn1ncc(CNC(=O)C(C)(C)F)n1. The van der Waals surface area contributed by atoms with E-state index in [0.29, 0.717) is 5.69 Å². The molecule has 0 spiro atoms. The van der Waals surface area contributed by atoms with Gasteiger partial charge in [-0.05, 0) is 13.8 Å². The number of aromatic nitrogens is 3. The number of aryl methyl sites for hydroxylation is 1. The normalized spacial score (nSPS) is 11.4. The molecule has 0 saturated carbocycles. The summed E-state index contributed by atoms with van der Waals surface area (Å²) in [7, 11) is 1.67. The molecule has 1 heterocycles. The van der Waals surface area contributed by atoms with Gasteiger partial charge in [-0.15, -0.1) is 0 Å². The van der Waals surface area contributed by atoms with Gasteiger partial charge in [-0.1, -0.05) is 0 Å². The van der Waals surface area contributed by atoms with E-state index in [2.05, 4.69) is 15.5 Å². The zero-order valence-electron chi connectivity index (χ0n) is 8.41. The lowest BCUT2D eigenvalue weighted by Gasteiger charge is -2.12. The average Bonchev–Trinajstić information content (AvgIpc) is 2.45. The molecule has 5 nitrogen and oxygen atoms in total. The molecular formula is C8H13FN4O. The molecule has 0 unspecified atom stereocenters. The minimum atomic E-state index is -1.86. The molecular weight excluding hydrogens is 187 g/mol. The number of nitrogens with zero attached hydrogens (tertiary/aromatic N) is 3. The van der Waals surface area contributed by atoms with Crippen molar-refractivity contribution < 1.29 is 9.18 Å². The molecule has 0 aromatic carbocycles. The smallest absolute Gasteiger partial charge is 0.257 e. The Hall–Kier alpha value is -1.46. The largest absolute Gasteiger partial charge is 0.348 e. The molecule has 0 aliphatic carbocycles. The van der Waals surface area contributed by atoms with Gasteiger partial charge >= 0.3 is 0 Å². The van der Waals surface area contributed by atoms with Gasteiger partial charge in [0.2, 0.25) is 0 Å². The van der Waals surface area contributed by atoms with Gasteiger partial charge < -0.3 is 5.32 Å². The molecule has 6 heteroatoms. The third-order valence-corrected chi connectivity index (χ3v) is 1.62. The van der Waals surface area contributed by atoms with Crippen LogP contribution in [0, 0.1) is 0 Å². The number of alkyl halides is 1. The Labute approximate surface area is 81.3 Å². The summed E-state index contributed by atoms with van der Waals surface area (Å²) in [5.74, 6) is -0.650. The Morgan fingerprint density at radius 1 is 1.71 bits per heavy atom. The maximum Gasteiger partial charge on any atom is 0.257 e. The fourth-order valence-corrected chi connectivity index (χ4v) is 0.850. The number of rotatable bonds is 3. The van der Waals surface area contributed by atoms with Crippen molar-refractivity contribution in [3.8, 4) is 0 Å². The van der Waals surface area contributed by atoms with Crippen molar-refractivity contribution in [2.24, 2.45) is 7.05 Å². The van der Waals surface area contributed by atoms with Crippen molar-refractivity contribution in [1.29, 1.82) is 0 Å². The predicted octanol–water partition coefficient (Wildman–Crippen LogP) is 0.179. The summed E-state index contributed by atoms with van der Waals surface area (Å²) < 4.78 is 13.0. The Kier molecular flexibility index (Phi) is 2.83. The highest BCUT2D eigenvalue weighted by atomic mass is 19.1.